The van der Waals surface area contributed by atoms with Gasteiger partial charge in [-0.1, -0.05) is 48.5 Å². The van der Waals surface area contributed by atoms with Crippen molar-refractivity contribution in [3.8, 4) is 22.3 Å². The van der Waals surface area contributed by atoms with E-state index in [4.69, 9.17) is 18.9 Å². The van der Waals surface area contributed by atoms with E-state index in [1.54, 1.807) is 48.5 Å². The molecule has 0 atom stereocenters. The Morgan fingerprint density at radius 2 is 0.711 bits per heavy atom. The molecule has 0 saturated carbocycles. The van der Waals surface area contributed by atoms with Crippen LogP contribution in [0.5, 0.6) is 0 Å². The van der Waals surface area contributed by atoms with Crippen LogP contribution in [0, 0.1) is 0 Å². The van der Waals surface area contributed by atoms with Crippen LogP contribution >= 0.6 is 0 Å². The Labute approximate surface area is 218 Å². The minimum absolute atomic E-state index is 0.179. The Morgan fingerprint density at radius 1 is 0.421 bits per heavy atom. The van der Waals surface area contributed by atoms with Crippen molar-refractivity contribution in [2.24, 2.45) is 0 Å². The molecular weight excluding hydrogens is 488 g/mol. The second-order valence-electron chi connectivity index (χ2n) is 8.13. The second kappa shape index (κ2) is 11.0. The van der Waals surface area contributed by atoms with Crippen LogP contribution in [0.1, 0.15) is 41.4 Å². The van der Waals surface area contributed by atoms with Crippen molar-refractivity contribution in [3.63, 3.8) is 0 Å². The molecule has 0 fully saturated rings. The molecule has 0 bridgehead atoms. The normalized spacial score (nSPS) is 10.5. The van der Waals surface area contributed by atoms with Gasteiger partial charge in [-0.05, 0) is 46.2 Å². The molecule has 8 nitrogen and oxygen atoms in total. The zero-order chi connectivity index (χ0) is 27.4. The molecule has 0 N–H and O–H groups in total. The summed E-state index contributed by atoms with van der Waals surface area (Å²) in [5, 5.41) is 1.31. The van der Waals surface area contributed by atoms with E-state index in [0.717, 1.165) is 0 Å². The van der Waals surface area contributed by atoms with Crippen LogP contribution < -0.4 is 0 Å². The van der Waals surface area contributed by atoms with E-state index in [-0.39, 0.29) is 22.3 Å². The van der Waals surface area contributed by atoms with Crippen LogP contribution in [0.25, 0.3) is 33.0 Å². The second-order valence-corrected chi connectivity index (χ2v) is 8.13. The lowest BCUT2D eigenvalue weighted by Crippen LogP contribution is -2.11. The van der Waals surface area contributed by atoms with Crippen LogP contribution in [-0.2, 0) is 18.9 Å². The summed E-state index contributed by atoms with van der Waals surface area (Å²) < 4.78 is 19.9. The minimum atomic E-state index is -0.622. The van der Waals surface area contributed by atoms with Gasteiger partial charge in [-0.3, -0.25) is 0 Å². The van der Waals surface area contributed by atoms with Crippen molar-refractivity contribution in [1.82, 2.24) is 0 Å². The van der Waals surface area contributed by atoms with Crippen LogP contribution in [0.3, 0.4) is 0 Å². The van der Waals surface area contributed by atoms with Gasteiger partial charge < -0.3 is 18.9 Å². The summed E-state index contributed by atoms with van der Waals surface area (Å²) in [7, 11) is 5.04. The third kappa shape index (κ3) is 4.48. The van der Waals surface area contributed by atoms with Gasteiger partial charge in [-0.2, -0.15) is 0 Å². The molecule has 0 saturated heterocycles. The van der Waals surface area contributed by atoms with Crippen LogP contribution in [0.15, 0.2) is 72.8 Å². The van der Waals surface area contributed by atoms with E-state index in [1.165, 1.54) is 28.4 Å². The van der Waals surface area contributed by atoms with Gasteiger partial charge >= 0.3 is 23.9 Å². The van der Waals surface area contributed by atoms with Crippen LogP contribution in [-0.4, -0.2) is 52.3 Å². The first kappa shape index (κ1) is 26.1. The zero-order valence-electron chi connectivity index (χ0n) is 21.2. The van der Waals surface area contributed by atoms with E-state index in [1.807, 2.05) is 24.3 Å². The molecule has 0 aliphatic heterocycles. The molecule has 192 valence electrons. The summed E-state index contributed by atoms with van der Waals surface area (Å²) in [6, 6.07) is 20.1. The van der Waals surface area contributed by atoms with Gasteiger partial charge in [0.2, 0.25) is 0 Å². The summed E-state index contributed by atoms with van der Waals surface area (Å²) in [6.07, 6.45) is 0. The van der Waals surface area contributed by atoms with Gasteiger partial charge in [-0.15, -0.1) is 0 Å². The highest BCUT2D eigenvalue weighted by Crippen LogP contribution is 2.41. The molecule has 0 amide bonds. The van der Waals surface area contributed by atoms with Gasteiger partial charge in [0, 0.05) is 11.1 Å². The average molecular weight is 513 g/mol. The van der Waals surface area contributed by atoms with Crippen molar-refractivity contribution in [2.45, 2.75) is 0 Å². The van der Waals surface area contributed by atoms with Crippen molar-refractivity contribution >= 4 is 34.6 Å². The van der Waals surface area contributed by atoms with Gasteiger partial charge in [0.1, 0.15) is 0 Å². The first-order valence-electron chi connectivity index (χ1n) is 11.5. The van der Waals surface area contributed by atoms with Crippen molar-refractivity contribution in [2.75, 3.05) is 28.4 Å². The Bertz CT molecular complexity index is 1400. The van der Waals surface area contributed by atoms with E-state index < -0.39 is 23.9 Å². The number of benzene rings is 4. The number of hydrogen-bond donors (Lipinski definition) is 0. The summed E-state index contributed by atoms with van der Waals surface area (Å²) in [6.45, 7) is 0. The Balaban J connectivity index is 2.13. The molecule has 0 unspecified atom stereocenters. The molecule has 0 radical (unpaired) electrons. The number of fused-ring (bicyclic) bond motifs is 1. The average Bonchev–Trinajstić information content (AvgIpc) is 2.98. The van der Waals surface area contributed by atoms with Gasteiger partial charge in [0.15, 0.2) is 0 Å². The summed E-state index contributed by atoms with van der Waals surface area (Å²) in [4.78, 5) is 50.9. The topological polar surface area (TPSA) is 105 Å². The number of esters is 4. The molecule has 0 aliphatic rings. The maximum Gasteiger partial charge on any atom is 0.338 e. The summed E-state index contributed by atoms with van der Waals surface area (Å²) in [5.74, 6) is -2.49. The largest absolute Gasteiger partial charge is 0.465 e. The quantitative estimate of drug-likeness (QED) is 0.253. The summed E-state index contributed by atoms with van der Waals surface area (Å²) in [5.41, 5.74) is 2.50. The van der Waals surface area contributed by atoms with Crippen LogP contribution in [0.2, 0.25) is 0 Å². The lowest BCUT2D eigenvalue weighted by molar-refractivity contribution is 0.0583. The maximum atomic E-state index is 12.7. The molecule has 8 heteroatoms. The highest BCUT2D eigenvalue weighted by atomic mass is 16.5. The molecule has 4 rings (SSSR count). The number of methoxy groups -OCH3 is 4. The SMILES string of the molecule is COC(=O)c1cccc(C(=O)OC)c1-c1ccc(-c2c(C(=O)OC)cccc2C(=O)OC)c2ccccc12. The molecule has 4 aromatic rings. The molecule has 38 heavy (non-hydrogen) atoms. The number of rotatable bonds is 6. The fourth-order valence-corrected chi connectivity index (χ4v) is 4.54. The number of carbonyl (C=O) groups is 4. The van der Waals surface area contributed by atoms with Gasteiger partial charge in [0.05, 0.1) is 50.7 Å². The minimum Gasteiger partial charge on any atom is -0.465 e. The molecule has 0 aliphatic carbocycles. The molecule has 0 aromatic heterocycles. The van der Waals surface area contributed by atoms with Crippen molar-refractivity contribution in [3.05, 3.63) is 95.1 Å². The third-order valence-corrected chi connectivity index (χ3v) is 6.21. The lowest BCUT2D eigenvalue weighted by Gasteiger charge is -2.19. The Hall–Kier alpha value is -4.98. The molecule has 0 heterocycles. The molecule has 0 spiro atoms. The highest BCUT2D eigenvalue weighted by molar-refractivity contribution is 6.16. The monoisotopic (exact) mass is 512 g/mol. The standard InChI is InChI=1S/C30H24O8/c1-35-27(31)21-11-7-12-22(28(32)36-2)25(21)19-15-16-20(18-10-6-5-9-17(18)19)26-23(29(33)37-3)13-8-14-24(26)30(34)38-4/h5-16H,1-4H3. The first-order valence-corrected chi connectivity index (χ1v) is 11.5. The fraction of sp³-hybridized carbons (Fsp3) is 0.133. The zero-order valence-corrected chi connectivity index (χ0v) is 21.2. The Morgan fingerprint density at radius 3 is 0.974 bits per heavy atom. The number of carbonyl (C=O) groups excluding carboxylic acids is 4. The van der Waals surface area contributed by atoms with Crippen LogP contribution in [0.4, 0.5) is 0 Å². The summed E-state index contributed by atoms with van der Waals surface area (Å²) >= 11 is 0. The first-order chi connectivity index (χ1) is 18.4. The van der Waals surface area contributed by atoms with Crippen molar-refractivity contribution < 1.29 is 38.1 Å². The van der Waals surface area contributed by atoms with E-state index >= 15 is 0 Å². The smallest absolute Gasteiger partial charge is 0.338 e. The van der Waals surface area contributed by atoms with E-state index in [2.05, 4.69) is 0 Å². The Kier molecular flexibility index (Phi) is 7.53. The number of hydrogen-bond acceptors (Lipinski definition) is 8. The van der Waals surface area contributed by atoms with Gasteiger partial charge in [-0.25, -0.2) is 19.2 Å². The van der Waals surface area contributed by atoms with E-state index in [0.29, 0.717) is 33.0 Å². The molecular formula is C30H24O8. The lowest BCUT2D eigenvalue weighted by atomic mass is 9.85. The third-order valence-electron chi connectivity index (χ3n) is 6.21. The van der Waals surface area contributed by atoms with Gasteiger partial charge in [0.25, 0.3) is 0 Å². The predicted molar refractivity (Wildman–Crippen MR) is 140 cm³/mol. The maximum absolute atomic E-state index is 12.7. The predicted octanol–water partition coefficient (Wildman–Crippen LogP) is 5.32. The molecule has 4 aromatic carbocycles. The van der Waals surface area contributed by atoms with Crippen molar-refractivity contribution in [1.29, 1.82) is 0 Å². The van der Waals surface area contributed by atoms with E-state index in [9.17, 15) is 19.2 Å². The number of ether oxygens (including phenoxy) is 4. The fourth-order valence-electron chi connectivity index (χ4n) is 4.54. The highest BCUT2D eigenvalue weighted by Gasteiger charge is 2.26.